The molecule has 1 aromatic carbocycles. The van der Waals surface area contributed by atoms with Gasteiger partial charge in [0.05, 0.1) is 22.8 Å². The van der Waals surface area contributed by atoms with Gasteiger partial charge in [-0.3, -0.25) is 0 Å². The van der Waals surface area contributed by atoms with Crippen LogP contribution in [0.2, 0.25) is 0 Å². The Morgan fingerprint density at radius 3 is 1.39 bits per heavy atom. The first kappa shape index (κ1) is 19.7. The van der Waals surface area contributed by atoms with Crippen LogP contribution in [0.15, 0.2) is 37.4 Å². The van der Waals surface area contributed by atoms with E-state index in [0.717, 1.165) is 101 Å². The van der Waals surface area contributed by atoms with E-state index < -0.39 is 0 Å². The lowest BCUT2D eigenvalue weighted by Crippen LogP contribution is -2.03. The van der Waals surface area contributed by atoms with Crippen molar-refractivity contribution in [2.45, 2.75) is 27.7 Å². The SMILES string of the molecule is C=Cc1c(C)c2nc3c4c(nc5c(C)c(C=C)c6nc7c4c(nc1n2n56)C(C)=C7C)-c1ccccc1-3. The summed E-state index contributed by atoms with van der Waals surface area (Å²) in [7, 11) is 0. The summed E-state index contributed by atoms with van der Waals surface area (Å²) in [6.45, 7) is 16.8. The molecule has 0 spiro atoms. The lowest BCUT2D eigenvalue weighted by atomic mass is 10.1. The van der Waals surface area contributed by atoms with Crippen molar-refractivity contribution in [2.24, 2.45) is 0 Å². The molecule has 36 heavy (non-hydrogen) atoms. The van der Waals surface area contributed by atoms with Gasteiger partial charge in [-0.15, -0.1) is 0 Å². The van der Waals surface area contributed by atoms with Gasteiger partial charge in [0.25, 0.3) is 0 Å². The third kappa shape index (κ3) is 1.95. The molecule has 2 aliphatic rings. The first-order chi connectivity index (χ1) is 17.5. The molecule has 0 saturated carbocycles. The van der Waals surface area contributed by atoms with Crippen molar-refractivity contribution in [3.63, 3.8) is 0 Å². The first-order valence-corrected chi connectivity index (χ1v) is 12.1. The maximum atomic E-state index is 5.42. The molecule has 7 aromatic rings. The molecule has 12 bridgehead atoms. The molecule has 0 amide bonds. The van der Waals surface area contributed by atoms with Crippen molar-refractivity contribution in [3.8, 4) is 22.5 Å². The average molecular weight is 467 g/mol. The summed E-state index contributed by atoms with van der Waals surface area (Å²) >= 11 is 0. The standard InChI is InChI=1S/C30H22N6/c1-7-17-15(5)27-33-25-19-11-9-10-12-20(19)26-22(25)21-23-13(3)14(4)24(21)32-30-18(8-2)16(6)28(34-26)36(30)35(27)29(17)31-23/h7-12H,1-2H2,3-6H3. The third-order valence-corrected chi connectivity index (χ3v) is 8.15. The molecule has 0 fully saturated rings. The zero-order valence-electron chi connectivity index (χ0n) is 20.6. The molecular formula is C30H22N6. The van der Waals surface area contributed by atoms with Crippen molar-refractivity contribution in [1.29, 1.82) is 0 Å². The van der Waals surface area contributed by atoms with Crippen LogP contribution in [0.25, 0.3) is 79.2 Å². The van der Waals surface area contributed by atoms with Gasteiger partial charge >= 0.3 is 0 Å². The maximum absolute atomic E-state index is 5.42. The van der Waals surface area contributed by atoms with Crippen molar-refractivity contribution in [2.75, 3.05) is 0 Å². The summed E-state index contributed by atoms with van der Waals surface area (Å²) in [5.41, 5.74) is 15.3. The van der Waals surface area contributed by atoms with Gasteiger partial charge in [-0.25, -0.2) is 29.0 Å². The molecular weight excluding hydrogens is 444 g/mol. The Kier molecular flexibility index (Phi) is 3.37. The molecule has 6 nitrogen and oxygen atoms in total. The third-order valence-electron chi connectivity index (χ3n) is 8.15. The van der Waals surface area contributed by atoms with Crippen LogP contribution < -0.4 is 0 Å². The zero-order valence-corrected chi connectivity index (χ0v) is 20.6. The van der Waals surface area contributed by atoms with Gasteiger partial charge in [0.15, 0.2) is 22.6 Å². The van der Waals surface area contributed by atoms with Crippen LogP contribution in [-0.4, -0.2) is 29.0 Å². The number of hydrogen-bond acceptors (Lipinski definition) is 4. The normalized spacial score (nSPS) is 13.7. The Labute approximate surface area is 207 Å². The van der Waals surface area contributed by atoms with Crippen molar-refractivity contribution in [1.82, 2.24) is 29.0 Å². The van der Waals surface area contributed by atoms with E-state index in [1.165, 1.54) is 0 Å². The molecule has 0 unspecified atom stereocenters. The second kappa shape index (κ2) is 6.15. The fourth-order valence-corrected chi connectivity index (χ4v) is 6.20. The number of allylic oxidation sites excluding steroid dienone is 2. The molecule has 9 rings (SSSR count). The molecule has 6 heteroatoms. The Balaban J connectivity index is 1.94. The fraction of sp³-hybridized carbons (Fsp3) is 0.133. The highest BCUT2D eigenvalue weighted by molar-refractivity contribution is 6.20. The quantitative estimate of drug-likeness (QED) is 0.278. The number of benzene rings is 1. The van der Waals surface area contributed by atoms with Crippen molar-refractivity contribution in [3.05, 3.63) is 71.1 Å². The Morgan fingerprint density at radius 1 is 0.583 bits per heavy atom. The molecule has 0 atom stereocenters. The van der Waals surface area contributed by atoms with Gasteiger partial charge in [-0.2, -0.15) is 0 Å². The van der Waals surface area contributed by atoms with E-state index >= 15 is 0 Å². The highest BCUT2D eigenvalue weighted by atomic mass is 15.4. The predicted molar refractivity (Wildman–Crippen MR) is 147 cm³/mol. The smallest absolute Gasteiger partial charge is 0.162 e. The van der Waals surface area contributed by atoms with Crippen LogP contribution in [0.4, 0.5) is 0 Å². The summed E-state index contributed by atoms with van der Waals surface area (Å²) in [6, 6.07) is 8.42. The van der Waals surface area contributed by atoms with E-state index in [-0.39, 0.29) is 0 Å². The number of hydrogen-bond donors (Lipinski definition) is 0. The van der Waals surface area contributed by atoms with Crippen LogP contribution in [0.3, 0.4) is 0 Å². The second-order valence-corrected chi connectivity index (χ2v) is 9.79. The van der Waals surface area contributed by atoms with Crippen molar-refractivity contribution >= 4 is 56.7 Å². The van der Waals surface area contributed by atoms with Crippen LogP contribution in [0, 0.1) is 13.8 Å². The summed E-state index contributed by atoms with van der Waals surface area (Å²) < 4.78 is 4.16. The van der Waals surface area contributed by atoms with Crippen molar-refractivity contribution < 1.29 is 0 Å². The average Bonchev–Trinajstić information content (AvgIpc) is 3.53. The number of aromatic nitrogens is 6. The van der Waals surface area contributed by atoms with E-state index in [0.29, 0.717) is 0 Å². The topological polar surface area (TPSA) is 60.4 Å². The van der Waals surface area contributed by atoms with E-state index in [1.54, 1.807) is 0 Å². The number of nitrogens with zero attached hydrogens (tertiary/aromatic N) is 6. The molecule has 0 aliphatic heterocycles. The van der Waals surface area contributed by atoms with E-state index in [4.69, 9.17) is 19.9 Å². The molecule has 0 radical (unpaired) electrons. The monoisotopic (exact) mass is 466 g/mol. The van der Waals surface area contributed by atoms with Gasteiger partial charge < -0.3 is 0 Å². The van der Waals surface area contributed by atoms with Gasteiger partial charge in [-0.05, 0) is 38.8 Å². The fourth-order valence-electron chi connectivity index (χ4n) is 6.20. The highest BCUT2D eigenvalue weighted by Crippen LogP contribution is 2.49. The molecule has 0 N–H and O–H groups in total. The van der Waals surface area contributed by atoms with E-state index in [9.17, 15) is 0 Å². The summed E-state index contributed by atoms with van der Waals surface area (Å²) in [4.78, 5) is 21.6. The molecule has 6 heterocycles. The lowest BCUT2D eigenvalue weighted by Gasteiger charge is -2.05. The summed E-state index contributed by atoms with van der Waals surface area (Å²) in [5.74, 6) is 0. The molecule has 172 valence electrons. The number of fused-ring (bicyclic) bond motifs is 1. The number of aryl methyl sites for hydroxylation is 2. The summed E-state index contributed by atoms with van der Waals surface area (Å²) in [5, 5.41) is 2.01. The minimum atomic E-state index is 0.792. The van der Waals surface area contributed by atoms with Gasteiger partial charge in [0.1, 0.15) is 0 Å². The van der Waals surface area contributed by atoms with E-state index in [2.05, 4.69) is 74.1 Å². The molecule has 2 aliphatic carbocycles. The predicted octanol–water partition coefficient (Wildman–Crippen LogP) is 6.89. The highest BCUT2D eigenvalue weighted by Gasteiger charge is 2.32. The maximum Gasteiger partial charge on any atom is 0.162 e. The van der Waals surface area contributed by atoms with Crippen LogP contribution in [0.5, 0.6) is 0 Å². The molecule has 6 aromatic heterocycles. The minimum absolute atomic E-state index is 0.792. The lowest BCUT2D eigenvalue weighted by molar-refractivity contribution is 0.875. The largest absolute Gasteiger partial charge is 0.228 e. The van der Waals surface area contributed by atoms with Crippen LogP contribution in [0.1, 0.15) is 47.5 Å². The number of rotatable bonds is 2. The van der Waals surface area contributed by atoms with Crippen LogP contribution in [-0.2, 0) is 0 Å². The Morgan fingerprint density at radius 2 is 0.972 bits per heavy atom. The second-order valence-electron chi connectivity index (χ2n) is 9.79. The summed E-state index contributed by atoms with van der Waals surface area (Å²) in [6.07, 6.45) is 3.77. The van der Waals surface area contributed by atoms with Gasteiger partial charge in [-0.1, -0.05) is 49.6 Å². The zero-order chi connectivity index (χ0) is 24.6. The first-order valence-electron chi connectivity index (χ1n) is 12.1. The Hall–Kier alpha value is -4.58. The Bertz CT molecular complexity index is 1970. The van der Waals surface area contributed by atoms with Gasteiger partial charge in [0, 0.05) is 44.2 Å². The van der Waals surface area contributed by atoms with Gasteiger partial charge in [0.2, 0.25) is 0 Å². The molecule has 0 saturated heterocycles. The van der Waals surface area contributed by atoms with E-state index in [1.807, 2.05) is 12.2 Å². The minimum Gasteiger partial charge on any atom is -0.228 e. The van der Waals surface area contributed by atoms with Crippen LogP contribution >= 0.6 is 0 Å².